The lowest BCUT2D eigenvalue weighted by Crippen LogP contribution is -2.38. The molecule has 1 aromatic carbocycles. The number of halogens is 1. The number of hydrogen-bond donors (Lipinski definition) is 2. The molecular formula is C22H25ClN6O3. The number of carbonyl (C=O) groups excluding carboxylic acids is 1. The molecule has 0 bridgehead atoms. The van der Waals surface area contributed by atoms with Gasteiger partial charge in [-0.3, -0.25) is 14.6 Å². The third-order valence-electron chi connectivity index (χ3n) is 5.27. The summed E-state index contributed by atoms with van der Waals surface area (Å²) < 4.78 is 6.98. The lowest BCUT2D eigenvalue weighted by Gasteiger charge is -2.27. The zero-order valence-corrected chi connectivity index (χ0v) is 18.8. The van der Waals surface area contributed by atoms with Gasteiger partial charge in [-0.1, -0.05) is 17.7 Å². The van der Waals surface area contributed by atoms with Gasteiger partial charge < -0.3 is 15.0 Å². The molecule has 1 saturated heterocycles. The van der Waals surface area contributed by atoms with Gasteiger partial charge in [-0.05, 0) is 38.5 Å². The molecule has 168 valence electrons. The van der Waals surface area contributed by atoms with Crippen LogP contribution in [0.25, 0.3) is 5.69 Å². The van der Waals surface area contributed by atoms with Gasteiger partial charge >= 0.3 is 0 Å². The first kappa shape index (κ1) is 22.0. The van der Waals surface area contributed by atoms with Crippen molar-refractivity contribution in [3.8, 4) is 5.69 Å². The number of aromatic amines is 1. The van der Waals surface area contributed by atoms with Gasteiger partial charge in [-0.25, -0.2) is 9.67 Å². The molecule has 4 rings (SSSR count). The highest BCUT2D eigenvalue weighted by atomic mass is 35.5. The smallest absolute Gasteiger partial charge is 0.255 e. The zero-order chi connectivity index (χ0) is 22.7. The molecule has 1 amide bonds. The number of morpholine rings is 1. The van der Waals surface area contributed by atoms with E-state index in [1.165, 1.54) is 0 Å². The fourth-order valence-electron chi connectivity index (χ4n) is 3.65. The number of carbonyl (C=O) groups is 1. The molecule has 0 saturated carbocycles. The predicted octanol–water partition coefficient (Wildman–Crippen LogP) is 2.63. The van der Waals surface area contributed by atoms with Gasteiger partial charge in [0.15, 0.2) is 0 Å². The van der Waals surface area contributed by atoms with E-state index in [1.54, 1.807) is 29.8 Å². The van der Waals surface area contributed by atoms with Crippen molar-refractivity contribution in [2.24, 2.45) is 0 Å². The van der Waals surface area contributed by atoms with Gasteiger partial charge in [0.1, 0.15) is 5.82 Å². The maximum atomic E-state index is 12.6. The Morgan fingerprint density at radius 2 is 2.03 bits per heavy atom. The minimum Gasteiger partial charge on any atom is -0.378 e. The summed E-state index contributed by atoms with van der Waals surface area (Å²) in [6, 6.07) is 9.02. The minimum atomic E-state index is -0.218. The van der Waals surface area contributed by atoms with Crippen LogP contribution in [-0.2, 0) is 16.0 Å². The molecule has 2 aromatic heterocycles. The summed E-state index contributed by atoms with van der Waals surface area (Å²) >= 11 is 6.09. The number of benzene rings is 1. The predicted molar refractivity (Wildman–Crippen MR) is 123 cm³/mol. The first-order valence-corrected chi connectivity index (χ1v) is 10.8. The topological polar surface area (TPSA) is 105 Å². The van der Waals surface area contributed by atoms with E-state index in [2.05, 4.69) is 20.4 Å². The molecule has 0 spiro atoms. The number of ether oxygens (including phenoxy) is 1. The van der Waals surface area contributed by atoms with Gasteiger partial charge in [-0.15, -0.1) is 0 Å². The summed E-state index contributed by atoms with van der Waals surface area (Å²) in [5.74, 6) is 0.871. The highest BCUT2D eigenvalue weighted by Gasteiger charge is 2.17. The summed E-state index contributed by atoms with van der Waals surface area (Å²) in [5.41, 5.74) is 2.43. The summed E-state index contributed by atoms with van der Waals surface area (Å²) in [5, 5.41) is 7.90. The summed E-state index contributed by atoms with van der Waals surface area (Å²) in [7, 11) is 0. The number of aryl methyl sites for hydroxylation is 2. The Balaban J connectivity index is 1.44. The van der Waals surface area contributed by atoms with Gasteiger partial charge in [0.05, 0.1) is 24.6 Å². The van der Waals surface area contributed by atoms with Crippen LogP contribution < -0.4 is 15.8 Å². The zero-order valence-electron chi connectivity index (χ0n) is 18.0. The van der Waals surface area contributed by atoms with E-state index < -0.39 is 0 Å². The van der Waals surface area contributed by atoms with Gasteiger partial charge in [0.2, 0.25) is 11.9 Å². The monoisotopic (exact) mass is 456 g/mol. The number of H-pyrrole nitrogens is 1. The van der Waals surface area contributed by atoms with Gasteiger partial charge in [-0.2, -0.15) is 5.10 Å². The van der Waals surface area contributed by atoms with Crippen LogP contribution in [0, 0.1) is 13.8 Å². The van der Waals surface area contributed by atoms with Crippen LogP contribution in [0.15, 0.2) is 35.1 Å². The molecule has 10 heteroatoms. The fourth-order valence-corrected chi connectivity index (χ4v) is 3.84. The average Bonchev–Trinajstić information content (AvgIpc) is 3.13. The van der Waals surface area contributed by atoms with E-state index in [4.69, 9.17) is 16.3 Å². The first-order chi connectivity index (χ1) is 15.4. The maximum Gasteiger partial charge on any atom is 0.255 e. The van der Waals surface area contributed by atoms with Crippen molar-refractivity contribution in [2.75, 3.05) is 36.5 Å². The third-order valence-corrected chi connectivity index (χ3v) is 5.51. The van der Waals surface area contributed by atoms with E-state index in [0.717, 1.165) is 11.4 Å². The van der Waals surface area contributed by atoms with Crippen LogP contribution in [0.2, 0.25) is 5.02 Å². The molecule has 0 radical (unpaired) electrons. The normalized spacial score (nSPS) is 13.9. The number of amides is 1. The second-order valence-electron chi connectivity index (χ2n) is 7.66. The van der Waals surface area contributed by atoms with Crippen LogP contribution in [0.5, 0.6) is 0 Å². The highest BCUT2D eigenvalue weighted by Crippen LogP contribution is 2.20. The first-order valence-electron chi connectivity index (χ1n) is 10.5. The highest BCUT2D eigenvalue weighted by molar-refractivity contribution is 6.30. The molecule has 0 atom stereocenters. The third kappa shape index (κ3) is 5.00. The molecule has 2 N–H and O–H groups in total. The standard InChI is InChI=1S/C22H25ClN6O3/c1-14-12-19(29(27-14)17-5-3-4-16(23)13-17)25-20(30)7-6-18-15(2)24-22(26-21(18)31)28-8-10-32-11-9-28/h3-5,12-13H,6-11H2,1-2H3,(H,25,30)(H,24,26,31). The van der Waals surface area contributed by atoms with Gasteiger partial charge in [0, 0.05) is 41.9 Å². The van der Waals surface area contributed by atoms with Gasteiger partial charge in [0.25, 0.3) is 5.56 Å². The number of nitrogens with one attached hydrogen (secondary N) is 2. The number of nitrogens with zero attached hydrogens (tertiary/aromatic N) is 4. The van der Waals surface area contributed by atoms with E-state index in [9.17, 15) is 9.59 Å². The molecule has 3 heterocycles. The Kier molecular flexibility index (Phi) is 6.57. The Bertz CT molecular complexity index is 1180. The van der Waals surface area contributed by atoms with Crippen molar-refractivity contribution in [1.29, 1.82) is 0 Å². The van der Waals surface area contributed by atoms with Crippen molar-refractivity contribution in [1.82, 2.24) is 19.7 Å². The summed E-state index contributed by atoms with van der Waals surface area (Å²) in [6.45, 7) is 6.23. The average molecular weight is 457 g/mol. The molecule has 0 aliphatic carbocycles. The number of anilines is 2. The molecular weight excluding hydrogens is 432 g/mol. The van der Waals surface area contributed by atoms with Crippen molar-refractivity contribution in [3.05, 3.63) is 62.7 Å². The lowest BCUT2D eigenvalue weighted by atomic mass is 10.1. The van der Waals surface area contributed by atoms with E-state index in [0.29, 0.717) is 54.3 Å². The van der Waals surface area contributed by atoms with Crippen LogP contribution in [0.1, 0.15) is 23.4 Å². The SMILES string of the molecule is Cc1cc(NC(=O)CCc2c(C)nc(N3CCOCC3)[nH]c2=O)n(-c2cccc(Cl)c2)n1. The molecule has 3 aromatic rings. The number of hydrogen-bond acceptors (Lipinski definition) is 6. The lowest BCUT2D eigenvalue weighted by molar-refractivity contribution is -0.116. The van der Waals surface area contributed by atoms with Crippen molar-refractivity contribution < 1.29 is 9.53 Å². The molecule has 1 aliphatic heterocycles. The number of rotatable bonds is 6. The van der Waals surface area contributed by atoms with Crippen LogP contribution >= 0.6 is 11.6 Å². The molecule has 1 aliphatic rings. The van der Waals surface area contributed by atoms with Crippen LogP contribution in [-0.4, -0.2) is 52.0 Å². The Morgan fingerprint density at radius 3 is 2.75 bits per heavy atom. The number of aromatic nitrogens is 4. The minimum absolute atomic E-state index is 0.141. The fraction of sp³-hybridized carbons (Fsp3) is 0.364. The summed E-state index contributed by atoms with van der Waals surface area (Å²) in [4.78, 5) is 34.7. The largest absolute Gasteiger partial charge is 0.378 e. The van der Waals surface area contributed by atoms with Crippen molar-refractivity contribution in [3.63, 3.8) is 0 Å². The second-order valence-corrected chi connectivity index (χ2v) is 8.10. The Morgan fingerprint density at radius 1 is 1.25 bits per heavy atom. The molecule has 0 unspecified atom stereocenters. The Labute approximate surface area is 190 Å². The summed E-state index contributed by atoms with van der Waals surface area (Å²) in [6.07, 6.45) is 0.427. The second kappa shape index (κ2) is 9.54. The van der Waals surface area contributed by atoms with E-state index in [1.807, 2.05) is 24.0 Å². The molecule has 32 heavy (non-hydrogen) atoms. The van der Waals surface area contributed by atoms with Crippen LogP contribution in [0.3, 0.4) is 0 Å². The van der Waals surface area contributed by atoms with Crippen LogP contribution in [0.4, 0.5) is 11.8 Å². The quantitative estimate of drug-likeness (QED) is 0.590. The molecule has 9 nitrogen and oxygen atoms in total. The van der Waals surface area contributed by atoms with Crippen molar-refractivity contribution in [2.45, 2.75) is 26.7 Å². The Hall–Kier alpha value is -3.17. The maximum absolute atomic E-state index is 12.6. The van der Waals surface area contributed by atoms with E-state index >= 15 is 0 Å². The molecule has 1 fully saturated rings. The van der Waals surface area contributed by atoms with E-state index in [-0.39, 0.29) is 24.3 Å². The van der Waals surface area contributed by atoms with Crippen molar-refractivity contribution >= 4 is 29.3 Å².